The third-order valence-electron chi connectivity index (χ3n) is 4.37. The van der Waals surface area contributed by atoms with Crippen LogP contribution in [0.25, 0.3) is 10.9 Å². The summed E-state index contributed by atoms with van der Waals surface area (Å²) in [6.07, 6.45) is 8.29. The van der Waals surface area contributed by atoms with Gasteiger partial charge in [-0.3, -0.25) is 4.99 Å². The number of hydrogen-bond donors (Lipinski definition) is 3. The summed E-state index contributed by atoms with van der Waals surface area (Å²) in [6, 6.07) is 9.05. The van der Waals surface area contributed by atoms with E-state index in [4.69, 9.17) is 4.99 Å². The van der Waals surface area contributed by atoms with E-state index >= 15 is 0 Å². The fraction of sp³-hybridized carbons (Fsp3) is 0.500. The predicted molar refractivity (Wildman–Crippen MR) is 109 cm³/mol. The van der Waals surface area contributed by atoms with E-state index in [1.807, 2.05) is 0 Å². The Morgan fingerprint density at radius 2 is 2.04 bits per heavy atom. The molecule has 1 aliphatic carbocycles. The third-order valence-corrected chi connectivity index (χ3v) is 4.37. The fourth-order valence-electron chi connectivity index (χ4n) is 3.21. The molecule has 5 heteroatoms. The number of rotatable bonds is 5. The first-order valence-corrected chi connectivity index (χ1v) is 8.46. The van der Waals surface area contributed by atoms with E-state index in [2.05, 4.69) is 53.0 Å². The first kappa shape index (κ1) is 18.1. The van der Waals surface area contributed by atoms with Crippen molar-refractivity contribution in [3.63, 3.8) is 0 Å². The quantitative estimate of drug-likeness (QED) is 0.387. The predicted octanol–water partition coefficient (Wildman–Crippen LogP) is 3.83. The number of fused-ring (bicyclic) bond motifs is 1. The number of aromatic nitrogens is 1. The summed E-state index contributed by atoms with van der Waals surface area (Å²) in [5, 5.41) is 8.23. The van der Waals surface area contributed by atoms with Crippen LogP contribution in [0.15, 0.2) is 35.5 Å². The zero-order valence-electron chi connectivity index (χ0n) is 13.8. The summed E-state index contributed by atoms with van der Waals surface area (Å²) < 4.78 is 0. The van der Waals surface area contributed by atoms with Crippen LogP contribution < -0.4 is 10.6 Å². The summed E-state index contributed by atoms with van der Waals surface area (Å²) in [6.45, 7) is 3.83. The van der Waals surface area contributed by atoms with Gasteiger partial charge < -0.3 is 15.6 Å². The maximum absolute atomic E-state index is 4.74. The molecular formula is C18H27IN4. The summed E-state index contributed by atoms with van der Waals surface area (Å²) in [4.78, 5) is 8.07. The van der Waals surface area contributed by atoms with Gasteiger partial charge in [0.25, 0.3) is 0 Å². The van der Waals surface area contributed by atoms with Gasteiger partial charge in [-0.05, 0) is 37.8 Å². The Morgan fingerprint density at radius 1 is 1.26 bits per heavy atom. The number of nitrogens with zero attached hydrogens (tertiary/aromatic N) is 1. The van der Waals surface area contributed by atoms with Gasteiger partial charge in [-0.25, -0.2) is 0 Å². The van der Waals surface area contributed by atoms with Crippen molar-refractivity contribution in [2.75, 3.05) is 13.1 Å². The van der Waals surface area contributed by atoms with Crippen LogP contribution >= 0.6 is 24.0 Å². The molecular weight excluding hydrogens is 399 g/mol. The largest absolute Gasteiger partial charge is 0.361 e. The van der Waals surface area contributed by atoms with Gasteiger partial charge in [-0.15, -0.1) is 24.0 Å². The van der Waals surface area contributed by atoms with Gasteiger partial charge in [0, 0.05) is 36.2 Å². The molecule has 1 aromatic carbocycles. The Bertz CT molecular complexity index is 629. The van der Waals surface area contributed by atoms with Crippen LogP contribution in [0, 0.1) is 0 Å². The van der Waals surface area contributed by atoms with E-state index in [0.717, 1.165) is 25.5 Å². The number of halogens is 1. The smallest absolute Gasteiger partial charge is 0.191 e. The van der Waals surface area contributed by atoms with Gasteiger partial charge in [0.2, 0.25) is 0 Å². The van der Waals surface area contributed by atoms with E-state index in [1.165, 1.54) is 42.1 Å². The van der Waals surface area contributed by atoms with Crippen LogP contribution in [-0.2, 0) is 6.42 Å². The minimum absolute atomic E-state index is 0. The zero-order valence-corrected chi connectivity index (χ0v) is 16.1. The second-order valence-electron chi connectivity index (χ2n) is 6.00. The van der Waals surface area contributed by atoms with Crippen molar-refractivity contribution < 1.29 is 0 Å². The second-order valence-corrected chi connectivity index (χ2v) is 6.00. The van der Waals surface area contributed by atoms with Crippen molar-refractivity contribution in [2.24, 2.45) is 4.99 Å². The molecule has 0 radical (unpaired) electrons. The van der Waals surface area contributed by atoms with Crippen molar-refractivity contribution in [3.05, 3.63) is 36.0 Å². The Morgan fingerprint density at radius 3 is 2.83 bits per heavy atom. The first-order valence-electron chi connectivity index (χ1n) is 8.46. The monoisotopic (exact) mass is 426 g/mol. The molecule has 0 atom stereocenters. The number of H-pyrrole nitrogens is 1. The number of nitrogens with one attached hydrogen (secondary N) is 3. The minimum atomic E-state index is 0. The highest BCUT2D eigenvalue weighted by molar-refractivity contribution is 14.0. The SMILES string of the molecule is CCNC(=NCCc1c[nH]c2ccccc12)NC1CCCC1.I. The first-order chi connectivity index (χ1) is 10.9. The van der Waals surface area contributed by atoms with Gasteiger partial charge in [-0.2, -0.15) is 0 Å². The molecule has 1 aliphatic rings. The molecule has 0 aliphatic heterocycles. The van der Waals surface area contributed by atoms with Crippen molar-refractivity contribution in [3.8, 4) is 0 Å². The molecule has 1 aromatic heterocycles. The second kappa shape index (κ2) is 9.15. The van der Waals surface area contributed by atoms with Crippen molar-refractivity contribution >= 4 is 40.8 Å². The molecule has 0 unspecified atom stereocenters. The molecule has 23 heavy (non-hydrogen) atoms. The Hall–Kier alpha value is -1.24. The fourth-order valence-corrected chi connectivity index (χ4v) is 3.21. The van der Waals surface area contributed by atoms with Gasteiger partial charge in [0.05, 0.1) is 0 Å². The van der Waals surface area contributed by atoms with Crippen LogP contribution in [-0.4, -0.2) is 30.1 Å². The van der Waals surface area contributed by atoms with E-state index in [0.29, 0.717) is 6.04 Å². The topological polar surface area (TPSA) is 52.2 Å². The van der Waals surface area contributed by atoms with Gasteiger partial charge >= 0.3 is 0 Å². The zero-order chi connectivity index (χ0) is 15.2. The highest BCUT2D eigenvalue weighted by Gasteiger charge is 2.15. The Kier molecular flexibility index (Phi) is 7.20. The minimum Gasteiger partial charge on any atom is -0.361 e. The molecule has 4 nitrogen and oxygen atoms in total. The third kappa shape index (κ3) is 4.86. The van der Waals surface area contributed by atoms with Crippen LogP contribution in [0.1, 0.15) is 38.2 Å². The van der Waals surface area contributed by atoms with Gasteiger partial charge in [0.1, 0.15) is 0 Å². The molecule has 0 saturated heterocycles. The highest BCUT2D eigenvalue weighted by atomic mass is 127. The number of benzene rings is 1. The lowest BCUT2D eigenvalue weighted by Crippen LogP contribution is -2.42. The van der Waals surface area contributed by atoms with Crippen molar-refractivity contribution in [1.29, 1.82) is 0 Å². The van der Waals surface area contributed by atoms with Gasteiger partial charge in [-0.1, -0.05) is 31.0 Å². The summed E-state index contributed by atoms with van der Waals surface area (Å²) >= 11 is 0. The highest BCUT2D eigenvalue weighted by Crippen LogP contribution is 2.18. The average Bonchev–Trinajstić information content (AvgIpc) is 3.18. The maximum Gasteiger partial charge on any atom is 0.191 e. The summed E-state index contributed by atoms with van der Waals surface area (Å²) in [5.74, 6) is 0.967. The molecule has 0 bridgehead atoms. The molecule has 126 valence electrons. The lowest BCUT2D eigenvalue weighted by atomic mass is 10.1. The lowest BCUT2D eigenvalue weighted by molar-refractivity contribution is 0.614. The summed E-state index contributed by atoms with van der Waals surface area (Å²) in [5.41, 5.74) is 2.55. The molecule has 1 heterocycles. The standard InChI is InChI=1S/C18H26N4.HI/c1-2-19-18(22-15-7-3-4-8-15)20-12-11-14-13-21-17-10-6-5-9-16(14)17;/h5-6,9-10,13,15,21H,2-4,7-8,11-12H2,1H3,(H2,19,20,22);1H. The number of hydrogen-bond acceptors (Lipinski definition) is 1. The maximum atomic E-state index is 4.74. The molecule has 3 N–H and O–H groups in total. The van der Waals surface area contributed by atoms with E-state index in [1.54, 1.807) is 0 Å². The number of aromatic amines is 1. The van der Waals surface area contributed by atoms with Crippen LogP contribution in [0.3, 0.4) is 0 Å². The lowest BCUT2D eigenvalue weighted by Gasteiger charge is -2.16. The van der Waals surface area contributed by atoms with Crippen LogP contribution in [0.2, 0.25) is 0 Å². The van der Waals surface area contributed by atoms with Crippen LogP contribution in [0.4, 0.5) is 0 Å². The molecule has 1 fully saturated rings. The summed E-state index contributed by atoms with van der Waals surface area (Å²) in [7, 11) is 0. The Labute approximate surface area is 155 Å². The van der Waals surface area contributed by atoms with Crippen molar-refractivity contribution in [2.45, 2.75) is 45.1 Å². The van der Waals surface area contributed by atoms with E-state index < -0.39 is 0 Å². The molecule has 1 saturated carbocycles. The Balaban J connectivity index is 0.00000192. The van der Waals surface area contributed by atoms with Crippen molar-refractivity contribution in [1.82, 2.24) is 15.6 Å². The van der Waals surface area contributed by atoms with E-state index in [-0.39, 0.29) is 24.0 Å². The van der Waals surface area contributed by atoms with E-state index in [9.17, 15) is 0 Å². The normalized spacial score (nSPS) is 15.6. The number of para-hydroxylation sites is 1. The average molecular weight is 426 g/mol. The van der Waals surface area contributed by atoms with Gasteiger partial charge in [0.15, 0.2) is 5.96 Å². The molecule has 0 amide bonds. The van der Waals surface area contributed by atoms with Crippen LogP contribution in [0.5, 0.6) is 0 Å². The number of guanidine groups is 1. The molecule has 2 aromatic rings. The molecule has 3 rings (SSSR count). The number of aliphatic imine (C=N–C) groups is 1. The molecule has 0 spiro atoms.